The Hall–Kier alpha value is -1.03. The van der Waals surface area contributed by atoms with Gasteiger partial charge in [-0.15, -0.1) is 0 Å². The van der Waals surface area contributed by atoms with Crippen LogP contribution in [0.25, 0.3) is 0 Å². The molecule has 1 N–H and O–H groups in total. The van der Waals surface area contributed by atoms with Crippen molar-refractivity contribution in [3.05, 3.63) is 12.4 Å². The molecule has 1 atom stereocenters. The van der Waals surface area contributed by atoms with Gasteiger partial charge in [0.25, 0.3) is 0 Å². The lowest BCUT2D eigenvalue weighted by molar-refractivity contribution is 0.326. The van der Waals surface area contributed by atoms with E-state index < -0.39 is 0 Å². The summed E-state index contributed by atoms with van der Waals surface area (Å²) >= 11 is 0. The first-order valence-corrected chi connectivity index (χ1v) is 7.24. The van der Waals surface area contributed by atoms with Crippen molar-refractivity contribution in [3.8, 4) is 0 Å². The average Bonchev–Trinajstić information content (AvgIpc) is 2.93. The second kappa shape index (κ2) is 4.92. The van der Waals surface area contributed by atoms with Gasteiger partial charge in [-0.1, -0.05) is 13.8 Å². The molecule has 0 spiro atoms. The zero-order valence-corrected chi connectivity index (χ0v) is 11.5. The van der Waals surface area contributed by atoms with Crippen LogP contribution in [0.1, 0.15) is 33.1 Å². The Morgan fingerprint density at radius 2 is 2.22 bits per heavy atom. The zero-order chi connectivity index (χ0) is 12.5. The molecule has 0 bridgehead atoms. The lowest BCUT2D eigenvalue weighted by atomic mass is 10.2. The number of likely N-dealkylation sites (tertiary alicyclic amines) is 1. The molecule has 18 heavy (non-hydrogen) atoms. The van der Waals surface area contributed by atoms with Gasteiger partial charge in [-0.25, -0.2) is 4.98 Å². The predicted octanol–water partition coefficient (Wildman–Crippen LogP) is 2.19. The number of rotatable bonds is 5. The highest BCUT2D eigenvalue weighted by atomic mass is 15.3. The van der Waals surface area contributed by atoms with Gasteiger partial charge in [0.2, 0.25) is 5.95 Å². The van der Waals surface area contributed by atoms with E-state index in [9.17, 15) is 0 Å². The third-order valence-corrected chi connectivity index (χ3v) is 3.89. The maximum atomic E-state index is 4.45. The van der Waals surface area contributed by atoms with Gasteiger partial charge in [-0.05, 0) is 25.2 Å². The van der Waals surface area contributed by atoms with Crippen LogP contribution in [-0.2, 0) is 6.54 Å². The molecule has 1 aliphatic heterocycles. The molecule has 1 aliphatic carbocycles. The number of nitrogens with one attached hydrogen (secondary N) is 1. The van der Waals surface area contributed by atoms with Crippen molar-refractivity contribution in [2.75, 3.05) is 18.4 Å². The molecule has 0 amide bonds. The Bertz CT molecular complexity index is 394. The Kier molecular flexibility index (Phi) is 3.29. The summed E-state index contributed by atoms with van der Waals surface area (Å²) < 4.78 is 2.24. The zero-order valence-electron chi connectivity index (χ0n) is 11.5. The Morgan fingerprint density at radius 3 is 2.94 bits per heavy atom. The van der Waals surface area contributed by atoms with Gasteiger partial charge in [0, 0.05) is 44.1 Å². The van der Waals surface area contributed by atoms with Crippen molar-refractivity contribution in [1.82, 2.24) is 14.5 Å². The van der Waals surface area contributed by atoms with E-state index in [4.69, 9.17) is 0 Å². The minimum atomic E-state index is 0.582. The third-order valence-electron chi connectivity index (χ3n) is 3.89. The summed E-state index contributed by atoms with van der Waals surface area (Å²) in [6.07, 6.45) is 8.06. The minimum Gasteiger partial charge on any atom is -0.352 e. The van der Waals surface area contributed by atoms with Crippen LogP contribution in [0, 0.1) is 5.92 Å². The number of nitrogens with zero attached hydrogens (tertiary/aromatic N) is 3. The van der Waals surface area contributed by atoms with Crippen LogP contribution < -0.4 is 5.32 Å². The standard InChI is InChI=1S/C14H24N4/c1-11(2)9-18-8-6-15-14(18)16-12-5-7-17(10-12)13-3-4-13/h6,8,11-13H,3-5,7,9-10H2,1-2H3,(H,15,16). The number of hydrogen-bond acceptors (Lipinski definition) is 3. The number of aromatic nitrogens is 2. The first-order chi connectivity index (χ1) is 8.72. The number of hydrogen-bond donors (Lipinski definition) is 1. The van der Waals surface area contributed by atoms with Crippen LogP contribution >= 0.6 is 0 Å². The van der Waals surface area contributed by atoms with E-state index >= 15 is 0 Å². The summed E-state index contributed by atoms with van der Waals surface area (Å²) in [6, 6.07) is 1.48. The normalized spacial score (nSPS) is 24.9. The van der Waals surface area contributed by atoms with Gasteiger partial charge in [0.05, 0.1) is 0 Å². The van der Waals surface area contributed by atoms with Crippen LogP contribution in [0.5, 0.6) is 0 Å². The molecule has 1 saturated carbocycles. The Balaban J connectivity index is 1.57. The maximum absolute atomic E-state index is 4.45. The van der Waals surface area contributed by atoms with Crippen LogP contribution in [0.4, 0.5) is 5.95 Å². The van der Waals surface area contributed by atoms with Gasteiger partial charge in [0.1, 0.15) is 0 Å². The molecule has 3 rings (SSSR count). The maximum Gasteiger partial charge on any atom is 0.203 e. The summed E-state index contributed by atoms with van der Waals surface area (Å²) in [4.78, 5) is 7.08. The molecule has 1 saturated heterocycles. The molecule has 0 aromatic carbocycles. The van der Waals surface area contributed by atoms with E-state index in [2.05, 4.69) is 39.8 Å². The molecular weight excluding hydrogens is 224 g/mol. The molecule has 2 fully saturated rings. The lowest BCUT2D eigenvalue weighted by Gasteiger charge is -2.17. The molecule has 4 nitrogen and oxygen atoms in total. The van der Waals surface area contributed by atoms with Gasteiger partial charge in [0.15, 0.2) is 0 Å². The number of imidazole rings is 1. The SMILES string of the molecule is CC(C)Cn1ccnc1NC1CCN(C2CC2)C1. The monoisotopic (exact) mass is 248 g/mol. The smallest absolute Gasteiger partial charge is 0.203 e. The molecular formula is C14H24N4. The number of anilines is 1. The molecule has 2 aliphatic rings. The van der Waals surface area contributed by atoms with Crippen molar-refractivity contribution in [2.45, 2.75) is 51.7 Å². The lowest BCUT2D eigenvalue weighted by Crippen LogP contribution is -2.28. The van der Waals surface area contributed by atoms with Crippen molar-refractivity contribution < 1.29 is 0 Å². The fraction of sp³-hybridized carbons (Fsp3) is 0.786. The summed E-state index contributed by atoms with van der Waals surface area (Å²) in [6.45, 7) is 7.98. The molecule has 100 valence electrons. The van der Waals surface area contributed by atoms with Gasteiger partial charge in [-0.2, -0.15) is 0 Å². The van der Waals surface area contributed by atoms with Gasteiger partial charge in [-0.3, -0.25) is 4.90 Å². The second-order valence-corrected chi connectivity index (χ2v) is 6.15. The fourth-order valence-electron chi connectivity index (χ4n) is 2.85. The van der Waals surface area contributed by atoms with Crippen molar-refractivity contribution in [1.29, 1.82) is 0 Å². The van der Waals surface area contributed by atoms with E-state index in [1.807, 2.05) is 6.20 Å². The average molecular weight is 248 g/mol. The Labute approximate surface area is 109 Å². The van der Waals surface area contributed by atoms with Gasteiger partial charge < -0.3 is 9.88 Å². The fourth-order valence-corrected chi connectivity index (χ4v) is 2.85. The molecule has 1 aromatic rings. The highest BCUT2D eigenvalue weighted by molar-refractivity contribution is 5.28. The van der Waals surface area contributed by atoms with Crippen molar-refractivity contribution in [3.63, 3.8) is 0 Å². The summed E-state index contributed by atoms with van der Waals surface area (Å²) in [5.41, 5.74) is 0. The topological polar surface area (TPSA) is 33.1 Å². The molecule has 1 unspecified atom stereocenters. The predicted molar refractivity (Wildman–Crippen MR) is 73.7 cm³/mol. The van der Waals surface area contributed by atoms with E-state index in [1.165, 1.54) is 32.4 Å². The van der Waals surface area contributed by atoms with E-state index in [1.54, 1.807) is 0 Å². The van der Waals surface area contributed by atoms with E-state index in [-0.39, 0.29) is 0 Å². The molecule has 1 aromatic heterocycles. The quantitative estimate of drug-likeness (QED) is 0.867. The molecule has 4 heteroatoms. The minimum absolute atomic E-state index is 0.582. The van der Waals surface area contributed by atoms with E-state index in [0.717, 1.165) is 18.5 Å². The van der Waals surface area contributed by atoms with Crippen molar-refractivity contribution in [2.24, 2.45) is 5.92 Å². The van der Waals surface area contributed by atoms with Crippen molar-refractivity contribution >= 4 is 5.95 Å². The van der Waals surface area contributed by atoms with Crippen LogP contribution in [0.15, 0.2) is 12.4 Å². The van der Waals surface area contributed by atoms with Crippen LogP contribution in [0.2, 0.25) is 0 Å². The first-order valence-electron chi connectivity index (χ1n) is 7.24. The largest absolute Gasteiger partial charge is 0.352 e. The molecule has 0 radical (unpaired) electrons. The Morgan fingerprint density at radius 1 is 1.39 bits per heavy atom. The summed E-state index contributed by atoms with van der Waals surface area (Å²) in [5, 5.41) is 3.62. The summed E-state index contributed by atoms with van der Waals surface area (Å²) in [5.74, 6) is 1.71. The van der Waals surface area contributed by atoms with Gasteiger partial charge >= 0.3 is 0 Å². The second-order valence-electron chi connectivity index (χ2n) is 6.15. The van der Waals surface area contributed by atoms with E-state index in [0.29, 0.717) is 12.0 Å². The highest BCUT2D eigenvalue weighted by Gasteiger charge is 2.34. The third kappa shape index (κ3) is 2.69. The van der Waals surface area contributed by atoms with Crippen LogP contribution in [-0.4, -0.2) is 39.6 Å². The molecule has 2 heterocycles. The van der Waals surface area contributed by atoms with Crippen LogP contribution in [0.3, 0.4) is 0 Å². The first kappa shape index (κ1) is 12.0. The highest BCUT2D eigenvalue weighted by Crippen LogP contribution is 2.30. The summed E-state index contributed by atoms with van der Waals surface area (Å²) in [7, 11) is 0.